The summed E-state index contributed by atoms with van der Waals surface area (Å²) in [4.78, 5) is 4.52. The maximum atomic E-state index is 10.6. The Balaban J connectivity index is 0.00000392. The molecule has 2 aromatic rings. The van der Waals surface area contributed by atoms with Crippen molar-refractivity contribution in [2.75, 3.05) is 26.7 Å². The number of ether oxygens (including phenoxy) is 1. The molecule has 0 saturated carbocycles. The number of benzene rings is 1. The van der Waals surface area contributed by atoms with Gasteiger partial charge < -0.3 is 24.9 Å². The number of rotatable bonds is 8. The first-order chi connectivity index (χ1) is 12.9. The van der Waals surface area contributed by atoms with Gasteiger partial charge in [0.05, 0.1) is 13.7 Å². The second-order valence-corrected chi connectivity index (χ2v) is 6.87. The van der Waals surface area contributed by atoms with Gasteiger partial charge in [0.15, 0.2) is 5.96 Å². The van der Waals surface area contributed by atoms with E-state index in [0.717, 1.165) is 30.0 Å². The van der Waals surface area contributed by atoms with Gasteiger partial charge in [-0.15, -0.1) is 24.0 Å². The van der Waals surface area contributed by atoms with Crippen LogP contribution in [0.2, 0.25) is 0 Å². The predicted octanol–water partition coefficient (Wildman–Crippen LogP) is 3.53. The molecule has 3 N–H and O–H groups in total. The Morgan fingerprint density at radius 2 is 1.96 bits per heavy atom. The highest BCUT2D eigenvalue weighted by atomic mass is 127. The fourth-order valence-electron chi connectivity index (χ4n) is 2.79. The standard InChI is InChI=1S/C21H31N3O3.HI/c1-6-22-20(24-14-21(4,25)19-10-8-16(3)27-19)23-12-11-17-13-15(2)7-9-18(17)26-5;/h7-10,13,25H,6,11-12,14H2,1-5H3,(H2,22,23,24);1H. The number of halogens is 1. The summed E-state index contributed by atoms with van der Waals surface area (Å²) in [6.07, 6.45) is 0.809. The molecule has 0 spiro atoms. The van der Waals surface area contributed by atoms with Gasteiger partial charge in [-0.1, -0.05) is 17.7 Å². The molecule has 0 aliphatic carbocycles. The van der Waals surface area contributed by atoms with Crippen molar-refractivity contribution in [3.05, 3.63) is 53.0 Å². The van der Waals surface area contributed by atoms with Gasteiger partial charge in [0.2, 0.25) is 0 Å². The van der Waals surface area contributed by atoms with E-state index in [1.54, 1.807) is 20.1 Å². The minimum Gasteiger partial charge on any atom is -0.496 e. The molecule has 1 aromatic carbocycles. The first-order valence-corrected chi connectivity index (χ1v) is 9.30. The number of hydrogen-bond donors (Lipinski definition) is 3. The Morgan fingerprint density at radius 1 is 1.21 bits per heavy atom. The number of furan rings is 1. The van der Waals surface area contributed by atoms with Gasteiger partial charge in [-0.05, 0) is 57.9 Å². The van der Waals surface area contributed by atoms with Crippen molar-refractivity contribution in [1.82, 2.24) is 10.6 Å². The van der Waals surface area contributed by atoms with Gasteiger partial charge >= 0.3 is 0 Å². The van der Waals surface area contributed by atoms with Crippen LogP contribution in [-0.4, -0.2) is 37.8 Å². The monoisotopic (exact) mass is 501 g/mol. The second-order valence-electron chi connectivity index (χ2n) is 6.87. The van der Waals surface area contributed by atoms with Gasteiger partial charge in [0, 0.05) is 13.1 Å². The summed E-state index contributed by atoms with van der Waals surface area (Å²) in [5.74, 6) is 2.84. The zero-order valence-corrected chi connectivity index (χ0v) is 19.7. The minimum atomic E-state index is -1.16. The fraction of sp³-hybridized carbons (Fsp3) is 0.476. The topological polar surface area (TPSA) is 79.0 Å². The second kappa shape index (κ2) is 11.3. The maximum absolute atomic E-state index is 10.6. The lowest BCUT2D eigenvalue weighted by Gasteiger charge is -2.20. The van der Waals surface area contributed by atoms with Crippen molar-refractivity contribution in [3.63, 3.8) is 0 Å². The number of aliphatic hydroxyl groups is 1. The first-order valence-electron chi connectivity index (χ1n) is 9.30. The molecule has 1 unspecified atom stereocenters. The average molecular weight is 501 g/mol. The molecule has 0 saturated heterocycles. The van der Waals surface area contributed by atoms with Crippen LogP contribution in [0.5, 0.6) is 5.75 Å². The van der Waals surface area contributed by atoms with Crippen LogP contribution in [0.25, 0.3) is 0 Å². The van der Waals surface area contributed by atoms with Crippen LogP contribution in [0.4, 0.5) is 0 Å². The lowest BCUT2D eigenvalue weighted by molar-refractivity contribution is 0.0428. The molecule has 7 heteroatoms. The van der Waals surface area contributed by atoms with Crippen molar-refractivity contribution in [3.8, 4) is 5.75 Å². The lowest BCUT2D eigenvalue weighted by atomic mass is 10.0. The molecule has 156 valence electrons. The molecular formula is C21H32IN3O3. The summed E-state index contributed by atoms with van der Waals surface area (Å²) in [5.41, 5.74) is 1.20. The van der Waals surface area contributed by atoms with Crippen LogP contribution < -0.4 is 15.4 Å². The molecular weight excluding hydrogens is 469 g/mol. The molecule has 0 aliphatic heterocycles. The van der Waals surface area contributed by atoms with Crippen LogP contribution in [0.1, 0.15) is 36.5 Å². The van der Waals surface area contributed by atoms with Gasteiger partial charge in [-0.2, -0.15) is 0 Å². The third kappa shape index (κ3) is 7.01. The number of nitrogens with zero attached hydrogens (tertiary/aromatic N) is 1. The number of aliphatic imine (C=N–C) groups is 1. The fourth-order valence-corrected chi connectivity index (χ4v) is 2.79. The number of aryl methyl sites for hydroxylation is 2. The molecule has 28 heavy (non-hydrogen) atoms. The van der Waals surface area contributed by atoms with Crippen LogP contribution >= 0.6 is 24.0 Å². The number of hydrogen-bond acceptors (Lipinski definition) is 4. The summed E-state index contributed by atoms with van der Waals surface area (Å²) < 4.78 is 11.0. The molecule has 6 nitrogen and oxygen atoms in total. The highest BCUT2D eigenvalue weighted by Crippen LogP contribution is 2.23. The summed E-state index contributed by atoms with van der Waals surface area (Å²) >= 11 is 0. The largest absolute Gasteiger partial charge is 0.496 e. The van der Waals surface area contributed by atoms with Crippen LogP contribution in [-0.2, 0) is 12.0 Å². The van der Waals surface area contributed by atoms with Crippen molar-refractivity contribution in [2.24, 2.45) is 4.99 Å². The highest BCUT2D eigenvalue weighted by molar-refractivity contribution is 14.0. The van der Waals surface area contributed by atoms with Crippen molar-refractivity contribution >= 4 is 29.9 Å². The van der Waals surface area contributed by atoms with Crippen molar-refractivity contribution < 1.29 is 14.3 Å². The highest BCUT2D eigenvalue weighted by Gasteiger charge is 2.26. The Labute approximate surface area is 184 Å². The maximum Gasteiger partial charge on any atom is 0.191 e. The van der Waals surface area contributed by atoms with Gasteiger partial charge in [-0.25, -0.2) is 4.99 Å². The smallest absolute Gasteiger partial charge is 0.191 e. The van der Waals surface area contributed by atoms with E-state index in [0.29, 0.717) is 18.3 Å². The Bertz CT molecular complexity index is 772. The van der Waals surface area contributed by atoms with E-state index in [1.165, 1.54) is 5.56 Å². The molecule has 0 bridgehead atoms. The first kappa shape index (κ1) is 24.3. The molecule has 1 aromatic heterocycles. The Kier molecular flexibility index (Phi) is 9.81. The molecule has 1 atom stereocenters. The quantitative estimate of drug-likeness (QED) is 0.293. The SMILES string of the molecule is CCNC(=NCC(C)(O)c1ccc(C)o1)NCCc1cc(C)ccc1OC.I. The van der Waals surface area contributed by atoms with Crippen molar-refractivity contribution in [2.45, 2.75) is 39.7 Å². The predicted molar refractivity (Wildman–Crippen MR) is 124 cm³/mol. The normalized spacial score (nSPS) is 13.4. The van der Waals surface area contributed by atoms with E-state index in [9.17, 15) is 5.11 Å². The summed E-state index contributed by atoms with van der Waals surface area (Å²) in [7, 11) is 1.69. The Hall–Kier alpha value is -1.74. The van der Waals surface area contributed by atoms with E-state index in [-0.39, 0.29) is 30.5 Å². The average Bonchev–Trinajstić information content (AvgIpc) is 3.07. The number of methoxy groups -OCH3 is 1. The number of nitrogens with one attached hydrogen (secondary N) is 2. The van der Waals surface area contributed by atoms with Crippen LogP contribution in [0.3, 0.4) is 0 Å². The van der Waals surface area contributed by atoms with Gasteiger partial charge in [0.25, 0.3) is 0 Å². The van der Waals surface area contributed by atoms with Gasteiger partial charge in [-0.3, -0.25) is 0 Å². The van der Waals surface area contributed by atoms with E-state index in [4.69, 9.17) is 9.15 Å². The molecule has 1 heterocycles. The van der Waals surface area contributed by atoms with Gasteiger partial charge in [0.1, 0.15) is 22.9 Å². The van der Waals surface area contributed by atoms with Crippen LogP contribution in [0, 0.1) is 13.8 Å². The zero-order chi connectivity index (χ0) is 19.9. The van der Waals surface area contributed by atoms with E-state index >= 15 is 0 Å². The summed E-state index contributed by atoms with van der Waals surface area (Å²) in [6, 6.07) is 9.79. The molecule has 0 fully saturated rings. The third-order valence-corrected chi connectivity index (χ3v) is 4.28. The van der Waals surface area contributed by atoms with Crippen molar-refractivity contribution in [1.29, 1.82) is 0 Å². The molecule has 2 rings (SSSR count). The Morgan fingerprint density at radius 3 is 2.57 bits per heavy atom. The molecule has 0 amide bonds. The van der Waals surface area contributed by atoms with Crippen LogP contribution in [0.15, 0.2) is 39.7 Å². The van der Waals surface area contributed by atoms with E-state index in [2.05, 4.69) is 28.6 Å². The third-order valence-electron chi connectivity index (χ3n) is 4.28. The molecule has 0 aliphatic rings. The number of guanidine groups is 1. The minimum absolute atomic E-state index is 0. The lowest BCUT2D eigenvalue weighted by Crippen LogP contribution is -2.39. The van der Waals surface area contributed by atoms with E-state index < -0.39 is 5.60 Å². The summed E-state index contributed by atoms with van der Waals surface area (Å²) in [6.45, 7) is 9.28. The van der Waals surface area contributed by atoms with E-state index in [1.807, 2.05) is 32.0 Å². The molecule has 0 radical (unpaired) electrons. The zero-order valence-electron chi connectivity index (χ0n) is 17.3. The summed E-state index contributed by atoms with van der Waals surface area (Å²) in [5, 5.41) is 17.2.